The van der Waals surface area contributed by atoms with Crippen LogP contribution in [-0.4, -0.2) is 39.2 Å². The molecule has 0 saturated carbocycles. The van der Waals surface area contributed by atoms with Gasteiger partial charge in [-0.3, -0.25) is 9.59 Å². The summed E-state index contributed by atoms with van der Waals surface area (Å²) >= 11 is 0. The second-order valence-electron chi connectivity index (χ2n) is 8.66. The number of nitrogens with one attached hydrogen (secondary N) is 1. The second kappa shape index (κ2) is 8.88. The predicted octanol–water partition coefficient (Wildman–Crippen LogP) is 4.36. The van der Waals surface area contributed by atoms with Crippen molar-refractivity contribution in [3.05, 3.63) is 42.0 Å². The highest BCUT2D eigenvalue weighted by atomic mass is 16.5. The van der Waals surface area contributed by atoms with Crippen LogP contribution >= 0.6 is 0 Å². The van der Waals surface area contributed by atoms with E-state index in [-0.39, 0.29) is 18.4 Å². The van der Waals surface area contributed by atoms with Gasteiger partial charge < -0.3 is 24.4 Å². The summed E-state index contributed by atoms with van der Waals surface area (Å²) in [5.74, 6) is 1.35. The molecule has 0 bridgehead atoms. The van der Waals surface area contributed by atoms with Crippen LogP contribution < -0.4 is 24.4 Å². The Morgan fingerprint density at radius 3 is 2.39 bits per heavy atom. The number of carbonyl (C=O) groups excluding carboxylic acids is 2. The second-order valence-corrected chi connectivity index (χ2v) is 8.66. The van der Waals surface area contributed by atoms with Crippen molar-refractivity contribution >= 4 is 23.2 Å². The molecule has 7 heteroatoms. The van der Waals surface area contributed by atoms with Gasteiger partial charge >= 0.3 is 0 Å². The molecule has 0 aliphatic carbocycles. The molecular formula is C24H30N2O5. The third-order valence-corrected chi connectivity index (χ3v) is 5.12. The molecule has 1 aliphatic rings. The summed E-state index contributed by atoms with van der Waals surface area (Å²) in [4.78, 5) is 27.9. The first-order valence-corrected chi connectivity index (χ1v) is 10.3. The number of carbonyl (C=O) groups is 2. The lowest BCUT2D eigenvalue weighted by Crippen LogP contribution is -2.43. The van der Waals surface area contributed by atoms with Gasteiger partial charge in [0.1, 0.15) is 29.4 Å². The molecule has 0 unspecified atom stereocenters. The Balaban J connectivity index is 1.95. The normalized spacial score (nSPS) is 15.1. The minimum Gasteiger partial charge on any atom is -0.496 e. The van der Waals surface area contributed by atoms with Gasteiger partial charge in [-0.2, -0.15) is 0 Å². The van der Waals surface area contributed by atoms with Crippen molar-refractivity contribution in [1.82, 2.24) is 0 Å². The van der Waals surface area contributed by atoms with Gasteiger partial charge in [0, 0.05) is 18.3 Å². The molecular weight excluding hydrogens is 396 g/mol. The molecule has 1 heterocycles. The van der Waals surface area contributed by atoms with Crippen LogP contribution in [0.3, 0.4) is 0 Å². The Morgan fingerprint density at radius 2 is 1.81 bits per heavy atom. The molecule has 3 rings (SSSR count). The highest BCUT2D eigenvalue weighted by Crippen LogP contribution is 2.39. The SMILES string of the molecule is COc1cccc(OC)c1C(=O)Nc1ccc2c(c1)OCC(C)(C)C(=O)N2CC(C)C. The number of hydrogen-bond donors (Lipinski definition) is 1. The molecule has 1 aliphatic heterocycles. The van der Waals surface area contributed by atoms with E-state index < -0.39 is 5.41 Å². The first-order chi connectivity index (χ1) is 14.7. The van der Waals surface area contributed by atoms with E-state index >= 15 is 0 Å². The fraction of sp³-hybridized carbons (Fsp3) is 0.417. The molecule has 0 radical (unpaired) electrons. The number of hydrogen-bond acceptors (Lipinski definition) is 5. The molecule has 0 atom stereocenters. The van der Waals surface area contributed by atoms with Gasteiger partial charge in [-0.1, -0.05) is 19.9 Å². The Kier molecular flexibility index (Phi) is 6.43. The highest BCUT2D eigenvalue weighted by molar-refractivity contribution is 6.08. The summed E-state index contributed by atoms with van der Waals surface area (Å²) in [6.07, 6.45) is 0. The van der Waals surface area contributed by atoms with Gasteiger partial charge in [0.2, 0.25) is 5.91 Å². The van der Waals surface area contributed by atoms with Crippen molar-refractivity contribution in [2.45, 2.75) is 27.7 Å². The third kappa shape index (κ3) is 4.60. The van der Waals surface area contributed by atoms with Gasteiger partial charge in [-0.25, -0.2) is 0 Å². The zero-order valence-corrected chi connectivity index (χ0v) is 18.9. The van der Waals surface area contributed by atoms with E-state index in [1.165, 1.54) is 14.2 Å². The minimum absolute atomic E-state index is 0.0236. The Bertz CT molecular complexity index is 962. The monoisotopic (exact) mass is 426 g/mol. The Labute approximate surface area is 183 Å². The first kappa shape index (κ1) is 22.5. The molecule has 2 amide bonds. The Morgan fingerprint density at radius 1 is 1.16 bits per heavy atom. The number of anilines is 2. The maximum absolute atomic E-state index is 13.1. The van der Waals surface area contributed by atoms with Crippen molar-refractivity contribution in [3.8, 4) is 17.2 Å². The first-order valence-electron chi connectivity index (χ1n) is 10.3. The van der Waals surface area contributed by atoms with E-state index in [9.17, 15) is 9.59 Å². The summed E-state index contributed by atoms with van der Waals surface area (Å²) in [7, 11) is 3.01. The molecule has 0 saturated heterocycles. The van der Waals surface area contributed by atoms with Crippen LogP contribution in [0.2, 0.25) is 0 Å². The molecule has 1 N–H and O–H groups in total. The van der Waals surface area contributed by atoms with Crippen LogP contribution in [-0.2, 0) is 4.79 Å². The number of benzene rings is 2. The zero-order valence-electron chi connectivity index (χ0n) is 18.9. The lowest BCUT2D eigenvalue weighted by molar-refractivity contribution is -0.127. The van der Waals surface area contributed by atoms with Crippen LogP contribution in [0.1, 0.15) is 38.1 Å². The summed E-state index contributed by atoms with van der Waals surface area (Å²) in [6.45, 7) is 8.74. The minimum atomic E-state index is -0.651. The lowest BCUT2D eigenvalue weighted by atomic mass is 9.92. The van der Waals surface area contributed by atoms with Crippen molar-refractivity contribution in [1.29, 1.82) is 0 Å². The smallest absolute Gasteiger partial charge is 0.263 e. The number of nitrogens with zero attached hydrogens (tertiary/aromatic N) is 1. The number of ether oxygens (including phenoxy) is 3. The topological polar surface area (TPSA) is 77.1 Å². The number of amides is 2. The van der Waals surface area contributed by atoms with E-state index in [2.05, 4.69) is 19.2 Å². The van der Waals surface area contributed by atoms with E-state index in [0.29, 0.717) is 46.6 Å². The van der Waals surface area contributed by atoms with Gasteiger partial charge in [-0.15, -0.1) is 0 Å². The van der Waals surface area contributed by atoms with E-state index in [1.54, 1.807) is 35.2 Å². The molecule has 0 spiro atoms. The maximum atomic E-state index is 13.1. The highest BCUT2D eigenvalue weighted by Gasteiger charge is 2.38. The maximum Gasteiger partial charge on any atom is 0.263 e. The molecule has 31 heavy (non-hydrogen) atoms. The molecule has 0 fully saturated rings. The van der Waals surface area contributed by atoms with Gasteiger partial charge in [0.05, 0.1) is 25.3 Å². The molecule has 2 aromatic carbocycles. The summed E-state index contributed by atoms with van der Waals surface area (Å²) in [5, 5.41) is 2.88. The van der Waals surface area contributed by atoms with Crippen molar-refractivity contribution in [2.75, 3.05) is 37.6 Å². The molecule has 166 valence electrons. The zero-order chi connectivity index (χ0) is 22.8. The van der Waals surface area contributed by atoms with E-state index in [0.717, 1.165) is 0 Å². The Hall–Kier alpha value is -3.22. The van der Waals surface area contributed by atoms with Crippen molar-refractivity contribution < 1.29 is 23.8 Å². The summed E-state index contributed by atoms with van der Waals surface area (Å²) in [6, 6.07) is 10.5. The standard InChI is InChI=1S/C24H30N2O5/c1-15(2)13-26-17-11-10-16(12-20(17)31-14-24(3,4)23(26)28)25-22(27)21-18(29-5)8-7-9-19(21)30-6/h7-12,15H,13-14H2,1-6H3,(H,25,27). The third-order valence-electron chi connectivity index (χ3n) is 5.12. The van der Waals surface area contributed by atoms with E-state index in [4.69, 9.17) is 14.2 Å². The predicted molar refractivity (Wildman–Crippen MR) is 120 cm³/mol. The van der Waals surface area contributed by atoms with E-state index in [1.807, 2.05) is 19.9 Å². The largest absolute Gasteiger partial charge is 0.496 e. The average molecular weight is 427 g/mol. The number of fused-ring (bicyclic) bond motifs is 1. The van der Waals surface area contributed by atoms with Gasteiger partial charge in [0.25, 0.3) is 5.91 Å². The van der Waals surface area contributed by atoms with Crippen LogP contribution in [0, 0.1) is 11.3 Å². The molecule has 7 nitrogen and oxygen atoms in total. The molecule has 0 aromatic heterocycles. The average Bonchev–Trinajstić information content (AvgIpc) is 2.82. The van der Waals surface area contributed by atoms with Crippen molar-refractivity contribution in [2.24, 2.45) is 11.3 Å². The number of methoxy groups -OCH3 is 2. The number of rotatable bonds is 6. The van der Waals surface area contributed by atoms with Gasteiger partial charge in [-0.05, 0) is 44.0 Å². The van der Waals surface area contributed by atoms with Crippen LogP contribution in [0.4, 0.5) is 11.4 Å². The fourth-order valence-electron chi connectivity index (χ4n) is 3.54. The summed E-state index contributed by atoms with van der Waals surface area (Å²) in [5.41, 5.74) is 0.911. The van der Waals surface area contributed by atoms with Crippen LogP contribution in [0.5, 0.6) is 17.2 Å². The van der Waals surface area contributed by atoms with Gasteiger partial charge in [0.15, 0.2) is 0 Å². The fourth-order valence-corrected chi connectivity index (χ4v) is 3.54. The quantitative estimate of drug-likeness (QED) is 0.743. The van der Waals surface area contributed by atoms with Crippen LogP contribution in [0.15, 0.2) is 36.4 Å². The van der Waals surface area contributed by atoms with Crippen molar-refractivity contribution in [3.63, 3.8) is 0 Å². The molecule has 2 aromatic rings. The lowest BCUT2D eigenvalue weighted by Gasteiger charge is -2.29. The summed E-state index contributed by atoms with van der Waals surface area (Å²) < 4.78 is 16.7. The van der Waals surface area contributed by atoms with Crippen LogP contribution in [0.25, 0.3) is 0 Å².